The largest absolute Gasteiger partial charge is 0.497 e. The van der Waals surface area contributed by atoms with Crippen molar-refractivity contribution in [3.63, 3.8) is 0 Å². The van der Waals surface area contributed by atoms with Crippen molar-refractivity contribution < 1.29 is 37.4 Å². The van der Waals surface area contributed by atoms with Gasteiger partial charge in [-0.1, -0.05) is 0 Å². The first-order valence-electron chi connectivity index (χ1n) is 9.80. The molecule has 1 aliphatic heterocycles. The van der Waals surface area contributed by atoms with Crippen molar-refractivity contribution in [3.05, 3.63) is 23.8 Å². The highest BCUT2D eigenvalue weighted by Gasteiger charge is 2.25. The Morgan fingerprint density at radius 1 is 1.22 bits per heavy atom. The van der Waals surface area contributed by atoms with Gasteiger partial charge < -0.3 is 25.2 Å². The summed E-state index contributed by atoms with van der Waals surface area (Å²) in [5.41, 5.74) is 0.380. The summed E-state index contributed by atoms with van der Waals surface area (Å²) in [6.07, 6.45) is 1.45. The standard InChI is InChI=1S/C18H28N4O6S.CH2O2/c1-22(2)29(25,26)21-15-6-4-5-9-19-17(23)14-8-7-13(27-3)12-16(14)28-11-10-20-18(15)24;2-1-3/h7-8,12,15,21H,4-6,9-11H2,1-3H3,(H,19,23)(H,20,24);1H,(H,2,3)/t15-;/m0./s1. The molecule has 0 aliphatic carbocycles. The van der Waals surface area contributed by atoms with Crippen molar-refractivity contribution in [2.24, 2.45) is 0 Å². The van der Waals surface area contributed by atoms with Crippen LogP contribution in [0.1, 0.15) is 29.6 Å². The van der Waals surface area contributed by atoms with E-state index >= 15 is 0 Å². The zero-order valence-corrected chi connectivity index (χ0v) is 19.1. The van der Waals surface area contributed by atoms with Gasteiger partial charge in [0.15, 0.2) is 0 Å². The molecule has 0 saturated heterocycles. The molecule has 1 aliphatic rings. The Hall–Kier alpha value is -2.90. The number of methoxy groups -OCH3 is 1. The lowest BCUT2D eigenvalue weighted by atomic mass is 10.1. The maximum Gasteiger partial charge on any atom is 0.290 e. The molecule has 0 bridgehead atoms. The van der Waals surface area contributed by atoms with E-state index in [1.54, 1.807) is 18.2 Å². The summed E-state index contributed by atoms with van der Waals surface area (Å²) in [5, 5.41) is 12.4. The number of nitrogens with zero attached hydrogens (tertiary/aromatic N) is 1. The fourth-order valence-corrected chi connectivity index (χ4v) is 3.49. The summed E-state index contributed by atoms with van der Waals surface area (Å²) < 4.78 is 38.5. The number of carbonyl (C=O) groups is 3. The van der Waals surface area contributed by atoms with Crippen LogP contribution in [0.3, 0.4) is 0 Å². The molecular weight excluding hydrogens is 444 g/mol. The Balaban J connectivity index is 0.00000161. The summed E-state index contributed by atoms with van der Waals surface area (Å²) >= 11 is 0. The van der Waals surface area contributed by atoms with E-state index in [0.717, 1.165) is 4.31 Å². The van der Waals surface area contributed by atoms with Gasteiger partial charge in [-0.25, -0.2) is 0 Å². The van der Waals surface area contributed by atoms with Crippen LogP contribution in [0.2, 0.25) is 0 Å². The molecular formula is C19H30N4O8S. The second-order valence-corrected chi connectivity index (χ2v) is 8.73. The summed E-state index contributed by atoms with van der Waals surface area (Å²) in [6, 6.07) is 4.00. The molecule has 2 amide bonds. The molecule has 0 aromatic heterocycles. The molecule has 4 N–H and O–H groups in total. The van der Waals surface area contributed by atoms with Crippen LogP contribution in [-0.4, -0.2) is 83.1 Å². The zero-order valence-electron chi connectivity index (χ0n) is 18.3. The van der Waals surface area contributed by atoms with Crippen LogP contribution >= 0.6 is 0 Å². The third-order valence-corrected chi connectivity index (χ3v) is 5.93. The maximum atomic E-state index is 12.5. The lowest BCUT2D eigenvalue weighted by Crippen LogP contribution is -2.50. The summed E-state index contributed by atoms with van der Waals surface area (Å²) in [7, 11) is 0.530. The van der Waals surface area contributed by atoms with Gasteiger partial charge in [-0.3, -0.25) is 14.4 Å². The Morgan fingerprint density at radius 2 is 1.91 bits per heavy atom. The molecule has 0 radical (unpaired) electrons. The normalized spacial score (nSPS) is 17.9. The minimum atomic E-state index is -3.76. The fourth-order valence-electron chi connectivity index (χ4n) is 2.69. The number of amides is 2. The molecule has 0 fully saturated rings. The monoisotopic (exact) mass is 474 g/mol. The Morgan fingerprint density at radius 3 is 2.53 bits per heavy atom. The van der Waals surface area contributed by atoms with Crippen molar-refractivity contribution in [2.75, 3.05) is 40.9 Å². The highest BCUT2D eigenvalue weighted by atomic mass is 32.2. The van der Waals surface area contributed by atoms with Crippen molar-refractivity contribution in [1.29, 1.82) is 0 Å². The average molecular weight is 475 g/mol. The number of carbonyl (C=O) groups excluding carboxylic acids is 2. The average Bonchev–Trinajstić information content (AvgIpc) is 2.75. The number of hydrogen-bond acceptors (Lipinski definition) is 7. The Bertz CT molecular complexity index is 876. The first-order valence-corrected chi connectivity index (χ1v) is 11.2. The van der Waals surface area contributed by atoms with E-state index in [0.29, 0.717) is 42.9 Å². The van der Waals surface area contributed by atoms with Crippen LogP contribution < -0.4 is 24.8 Å². The molecule has 13 heteroatoms. The molecule has 1 aromatic carbocycles. The van der Waals surface area contributed by atoms with Crippen LogP contribution in [0.15, 0.2) is 18.2 Å². The van der Waals surface area contributed by atoms with Crippen molar-refractivity contribution in [1.82, 2.24) is 19.7 Å². The van der Waals surface area contributed by atoms with E-state index < -0.39 is 22.2 Å². The predicted octanol–water partition coefficient (Wildman–Crippen LogP) is -0.431. The minimum Gasteiger partial charge on any atom is -0.497 e. The molecule has 32 heavy (non-hydrogen) atoms. The maximum absolute atomic E-state index is 12.5. The lowest BCUT2D eigenvalue weighted by molar-refractivity contribution is -0.123. The number of ether oxygens (including phenoxy) is 2. The van der Waals surface area contributed by atoms with E-state index in [2.05, 4.69) is 15.4 Å². The highest BCUT2D eigenvalue weighted by Crippen LogP contribution is 2.25. The van der Waals surface area contributed by atoms with Gasteiger partial charge in [-0.15, -0.1) is 0 Å². The van der Waals surface area contributed by atoms with Gasteiger partial charge in [-0.2, -0.15) is 17.4 Å². The summed E-state index contributed by atoms with van der Waals surface area (Å²) in [5.74, 6) is 0.192. The molecule has 1 aromatic rings. The van der Waals surface area contributed by atoms with Crippen LogP contribution in [0.5, 0.6) is 11.5 Å². The van der Waals surface area contributed by atoms with Gasteiger partial charge in [0.25, 0.3) is 22.6 Å². The van der Waals surface area contributed by atoms with E-state index in [4.69, 9.17) is 19.4 Å². The third kappa shape index (κ3) is 8.69. The Labute approximate surface area is 187 Å². The van der Waals surface area contributed by atoms with Gasteiger partial charge in [0.2, 0.25) is 5.91 Å². The quantitative estimate of drug-likeness (QED) is 0.427. The number of nitrogens with one attached hydrogen (secondary N) is 3. The molecule has 0 unspecified atom stereocenters. The predicted molar refractivity (Wildman–Crippen MR) is 116 cm³/mol. The van der Waals surface area contributed by atoms with Gasteiger partial charge in [0, 0.05) is 26.7 Å². The van der Waals surface area contributed by atoms with Gasteiger partial charge in [-0.05, 0) is 31.4 Å². The first kappa shape index (κ1) is 27.1. The van der Waals surface area contributed by atoms with Gasteiger partial charge >= 0.3 is 0 Å². The van der Waals surface area contributed by atoms with Crippen LogP contribution in [0.25, 0.3) is 0 Å². The van der Waals surface area contributed by atoms with Gasteiger partial charge in [0.1, 0.15) is 24.1 Å². The summed E-state index contributed by atoms with van der Waals surface area (Å²) in [4.78, 5) is 33.3. The molecule has 0 saturated carbocycles. The zero-order chi connectivity index (χ0) is 24.1. The van der Waals surface area contributed by atoms with E-state index in [9.17, 15) is 18.0 Å². The first-order chi connectivity index (χ1) is 15.2. The number of carboxylic acid groups (broad SMARTS) is 1. The number of benzene rings is 1. The van der Waals surface area contributed by atoms with Crippen LogP contribution in [0, 0.1) is 0 Å². The van der Waals surface area contributed by atoms with E-state index in [1.807, 2.05) is 0 Å². The van der Waals surface area contributed by atoms with E-state index in [-0.39, 0.29) is 25.5 Å². The van der Waals surface area contributed by atoms with Gasteiger partial charge in [0.05, 0.1) is 19.2 Å². The fraction of sp³-hybridized carbons (Fsp3) is 0.526. The van der Waals surface area contributed by atoms with Crippen LogP contribution in [-0.2, 0) is 19.8 Å². The van der Waals surface area contributed by atoms with Crippen molar-refractivity contribution in [3.8, 4) is 11.5 Å². The van der Waals surface area contributed by atoms with Crippen molar-refractivity contribution in [2.45, 2.75) is 25.3 Å². The number of rotatable bonds is 4. The van der Waals surface area contributed by atoms with Crippen LogP contribution in [0.4, 0.5) is 0 Å². The molecule has 12 nitrogen and oxygen atoms in total. The van der Waals surface area contributed by atoms with Crippen molar-refractivity contribution >= 4 is 28.5 Å². The molecule has 2 rings (SSSR count). The topological polar surface area (TPSA) is 163 Å². The minimum absolute atomic E-state index is 0.104. The second-order valence-electron chi connectivity index (χ2n) is 6.82. The number of fused-ring (bicyclic) bond motifs is 1. The lowest BCUT2D eigenvalue weighted by Gasteiger charge is -2.21. The molecule has 1 atom stereocenters. The molecule has 1 heterocycles. The highest BCUT2D eigenvalue weighted by molar-refractivity contribution is 7.87. The summed E-state index contributed by atoms with van der Waals surface area (Å²) in [6.45, 7) is 0.392. The molecule has 0 spiro atoms. The SMILES string of the molecule is COc1ccc2c(c1)OCCNC(=O)[C@@H](NS(=O)(=O)N(C)C)CCCCNC2=O.O=CO. The smallest absolute Gasteiger partial charge is 0.290 e. The second kappa shape index (κ2) is 13.5. The molecule has 180 valence electrons. The Kier molecular flexibility index (Phi) is 11.4. The van der Waals surface area contributed by atoms with E-state index in [1.165, 1.54) is 21.2 Å². The third-order valence-electron chi connectivity index (χ3n) is 4.39. The number of hydrogen-bond donors (Lipinski definition) is 4.